The lowest BCUT2D eigenvalue weighted by atomic mass is 10.1. The Morgan fingerprint density at radius 3 is 2.67 bits per heavy atom. The van der Waals surface area contributed by atoms with Crippen molar-refractivity contribution in [1.29, 1.82) is 0 Å². The molecule has 0 aliphatic carbocycles. The van der Waals surface area contributed by atoms with Gasteiger partial charge in [0.2, 0.25) is 0 Å². The van der Waals surface area contributed by atoms with Crippen LogP contribution in [0.5, 0.6) is 0 Å². The van der Waals surface area contributed by atoms with Gasteiger partial charge in [-0.2, -0.15) is 0 Å². The van der Waals surface area contributed by atoms with Crippen LogP contribution in [0.4, 0.5) is 0 Å². The summed E-state index contributed by atoms with van der Waals surface area (Å²) in [6.45, 7) is 6.03. The lowest BCUT2D eigenvalue weighted by Crippen LogP contribution is -2.16. The van der Waals surface area contributed by atoms with E-state index in [1.165, 1.54) is 16.7 Å². The molecule has 18 heavy (non-hydrogen) atoms. The second kappa shape index (κ2) is 6.31. The minimum atomic E-state index is 0.888. The van der Waals surface area contributed by atoms with Gasteiger partial charge in [0.15, 0.2) is 0 Å². The van der Waals surface area contributed by atoms with Gasteiger partial charge in [-0.1, -0.05) is 35.9 Å². The first kappa shape index (κ1) is 12.8. The van der Waals surface area contributed by atoms with Crippen LogP contribution in [0.1, 0.15) is 22.4 Å². The van der Waals surface area contributed by atoms with Gasteiger partial charge in [-0.05, 0) is 44.0 Å². The summed E-state index contributed by atoms with van der Waals surface area (Å²) in [5.41, 5.74) is 5.03. The molecule has 1 aromatic heterocycles. The van der Waals surface area contributed by atoms with Crippen molar-refractivity contribution < 1.29 is 0 Å². The first-order valence-electron chi connectivity index (χ1n) is 6.42. The number of nitrogens with one attached hydrogen (secondary N) is 1. The van der Waals surface area contributed by atoms with Crippen LogP contribution in [0, 0.1) is 13.8 Å². The summed E-state index contributed by atoms with van der Waals surface area (Å²) < 4.78 is 0. The Bertz CT molecular complexity index is 489. The number of hydrogen-bond acceptors (Lipinski definition) is 2. The van der Waals surface area contributed by atoms with Crippen LogP contribution in [-0.4, -0.2) is 11.5 Å². The lowest BCUT2D eigenvalue weighted by Gasteiger charge is -2.06. The normalized spacial score (nSPS) is 10.6. The van der Waals surface area contributed by atoms with Gasteiger partial charge in [0.1, 0.15) is 0 Å². The average molecular weight is 240 g/mol. The van der Waals surface area contributed by atoms with E-state index in [2.05, 4.69) is 53.6 Å². The van der Waals surface area contributed by atoms with Crippen molar-refractivity contribution >= 4 is 0 Å². The molecule has 0 fully saturated rings. The minimum Gasteiger partial charge on any atom is -0.312 e. The Morgan fingerprint density at radius 2 is 1.94 bits per heavy atom. The molecule has 0 bridgehead atoms. The fourth-order valence-electron chi connectivity index (χ4n) is 1.94. The molecule has 1 N–H and O–H groups in total. The van der Waals surface area contributed by atoms with Crippen LogP contribution in [-0.2, 0) is 13.0 Å². The minimum absolute atomic E-state index is 0.888. The number of nitrogens with zero attached hydrogens (tertiary/aromatic N) is 1. The van der Waals surface area contributed by atoms with E-state index in [-0.39, 0.29) is 0 Å². The van der Waals surface area contributed by atoms with E-state index in [1.54, 1.807) is 0 Å². The smallest absolute Gasteiger partial charge is 0.0372 e. The van der Waals surface area contributed by atoms with Crippen molar-refractivity contribution in [2.75, 3.05) is 6.54 Å². The summed E-state index contributed by atoms with van der Waals surface area (Å²) in [6.07, 6.45) is 3.01. The number of hydrogen-bond donors (Lipinski definition) is 1. The van der Waals surface area contributed by atoms with Crippen LogP contribution >= 0.6 is 0 Å². The zero-order valence-electron chi connectivity index (χ0n) is 11.1. The maximum Gasteiger partial charge on any atom is 0.0372 e. The topological polar surface area (TPSA) is 24.9 Å². The molecule has 0 aliphatic rings. The number of aromatic nitrogens is 1. The Labute approximate surface area is 109 Å². The highest BCUT2D eigenvalue weighted by Crippen LogP contribution is 2.04. The van der Waals surface area contributed by atoms with Gasteiger partial charge in [-0.15, -0.1) is 0 Å². The molecule has 0 atom stereocenters. The molecule has 94 valence electrons. The van der Waals surface area contributed by atoms with E-state index in [0.29, 0.717) is 0 Å². The molecular formula is C16H20N2. The second-order valence-corrected chi connectivity index (χ2v) is 4.72. The molecule has 2 heteroatoms. The number of pyridine rings is 1. The molecule has 0 amide bonds. The number of aryl methyl sites for hydroxylation is 2. The van der Waals surface area contributed by atoms with Crippen LogP contribution < -0.4 is 5.32 Å². The van der Waals surface area contributed by atoms with E-state index in [4.69, 9.17) is 0 Å². The summed E-state index contributed by atoms with van der Waals surface area (Å²) in [7, 11) is 0. The zero-order chi connectivity index (χ0) is 12.8. The van der Waals surface area contributed by atoms with E-state index in [1.807, 2.05) is 13.1 Å². The summed E-state index contributed by atoms with van der Waals surface area (Å²) in [5.74, 6) is 0. The van der Waals surface area contributed by atoms with Crippen LogP contribution in [0.3, 0.4) is 0 Å². The van der Waals surface area contributed by atoms with Gasteiger partial charge >= 0.3 is 0 Å². The van der Waals surface area contributed by atoms with Crippen molar-refractivity contribution in [3.8, 4) is 0 Å². The SMILES string of the molecule is Cc1cccc(CCNCc2ccc(C)nc2)c1. The van der Waals surface area contributed by atoms with E-state index < -0.39 is 0 Å². The molecular weight excluding hydrogens is 220 g/mol. The fraction of sp³-hybridized carbons (Fsp3) is 0.312. The van der Waals surface area contributed by atoms with Gasteiger partial charge in [0.05, 0.1) is 0 Å². The van der Waals surface area contributed by atoms with Crippen molar-refractivity contribution in [3.63, 3.8) is 0 Å². The highest BCUT2D eigenvalue weighted by Gasteiger charge is 1.95. The van der Waals surface area contributed by atoms with E-state index in [0.717, 1.165) is 25.2 Å². The predicted octanol–water partition coefficient (Wildman–Crippen LogP) is 3.03. The quantitative estimate of drug-likeness (QED) is 0.813. The molecule has 1 aromatic carbocycles. The zero-order valence-corrected chi connectivity index (χ0v) is 11.1. The Kier molecular flexibility index (Phi) is 4.48. The Morgan fingerprint density at radius 1 is 1.06 bits per heavy atom. The Balaban J connectivity index is 1.74. The number of benzene rings is 1. The molecule has 2 rings (SSSR count). The molecule has 1 heterocycles. The highest BCUT2D eigenvalue weighted by molar-refractivity contribution is 5.22. The average Bonchev–Trinajstić information content (AvgIpc) is 2.37. The van der Waals surface area contributed by atoms with Gasteiger partial charge in [-0.3, -0.25) is 4.98 Å². The summed E-state index contributed by atoms with van der Waals surface area (Å²) >= 11 is 0. The van der Waals surface area contributed by atoms with Crippen molar-refractivity contribution in [2.45, 2.75) is 26.8 Å². The van der Waals surface area contributed by atoms with Gasteiger partial charge in [0, 0.05) is 18.4 Å². The summed E-state index contributed by atoms with van der Waals surface area (Å²) in [6, 6.07) is 12.9. The summed E-state index contributed by atoms with van der Waals surface area (Å²) in [5, 5.41) is 3.45. The second-order valence-electron chi connectivity index (χ2n) is 4.72. The molecule has 0 radical (unpaired) electrons. The molecule has 0 unspecified atom stereocenters. The van der Waals surface area contributed by atoms with Crippen molar-refractivity contribution in [1.82, 2.24) is 10.3 Å². The first-order valence-corrected chi connectivity index (χ1v) is 6.42. The number of rotatable bonds is 5. The van der Waals surface area contributed by atoms with Crippen LogP contribution in [0.25, 0.3) is 0 Å². The monoisotopic (exact) mass is 240 g/mol. The van der Waals surface area contributed by atoms with Crippen molar-refractivity contribution in [3.05, 3.63) is 65.0 Å². The molecule has 0 saturated heterocycles. The fourth-order valence-corrected chi connectivity index (χ4v) is 1.94. The summed E-state index contributed by atoms with van der Waals surface area (Å²) in [4.78, 5) is 4.29. The largest absolute Gasteiger partial charge is 0.312 e. The first-order chi connectivity index (χ1) is 8.74. The van der Waals surface area contributed by atoms with E-state index in [9.17, 15) is 0 Å². The van der Waals surface area contributed by atoms with E-state index >= 15 is 0 Å². The van der Waals surface area contributed by atoms with Gasteiger partial charge in [0.25, 0.3) is 0 Å². The third-order valence-corrected chi connectivity index (χ3v) is 2.97. The molecule has 0 saturated carbocycles. The maximum absolute atomic E-state index is 4.29. The lowest BCUT2D eigenvalue weighted by molar-refractivity contribution is 0.685. The molecule has 0 aliphatic heterocycles. The third-order valence-electron chi connectivity index (χ3n) is 2.97. The van der Waals surface area contributed by atoms with Crippen molar-refractivity contribution in [2.24, 2.45) is 0 Å². The standard InChI is InChI=1S/C16H20N2/c1-13-4-3-5-15(10-13)8-9-17-11-16-7-6-14(2)18-12-16/h3-7,10,12,17H,8-9,11H2,1-2H3. The third kappa shape index (κ3) is 3.97. The highest BCUT2D eigenvalue weighted by atomic mass is 14.8. The van der Waals surface area contributed by atoms with Gasteiger partial charge in [-0.25, -0.2) is 0 Å². The van der Waals surface area contributed by atoms with Crippen LogP contribution in [0.2, 0.25) is 0 Å². The molecule has 2 aromatic rings. The Hall–Kier alpha value is -1.67. The predicted molar refractivity (Wildman–Crippen MR) is 75.6 cm³/mol. The molecule has 2 nitrogen and oxygen atoms in total. The van der Waals surface area contributed by atoms with Crippen LogP contribution in [0.15, 0.2) is 42.6 Å². The molecule has 0 spiro atoms. The van der Waals surface area contributed by atoms with Gasteiger partial charge < -0.3 is 5.32 Å². The maximum atomic E-state index is 4.29.